The van der Waals surface area contributed by atoms with Crippen LogP contribution in [0.4, 0.5) is 11.4 Å². The van der Waals surface area contributed by atoms with Gasteiger partial charge in [-0.1, -0.05) is 30.7 Å². The highest BCUT2D eigenvalue weighted by Gasteiger charge is 2.31. The van der Waals surface area contributed by atoms with Crippen molar-refractivity contribution in [1.29, 1.82) is 0 Å². The van der Waals surface area contributed by atoms with Crippen LogP contribution in [0.1, 0.15) is 18.9 Å². The molecule has 1 amide bonds. The van der Waals surface area contributed by atoms with E-state index in [1.165, 1.54) is 0 Å². The lowest BCUT2D eigenvalue weighted by Crippen LogP contribution is -2.47. The number of hydrogen-bond donors (Lipinski definition) is 1. The maximum Gasteiger partial charge on any atom is 0.248 e. The maximum atomic E-state index is 12.9. The standard InChI is InChI=1S/C19H23ClN2O3S2/c1-5-18(19(23)21-14-7-6-8-16(11-14)26-3)22(27(4,24)25)15-10-9-13(2)17(20)12-15/h6-12,18H,5H2,1-4H3,(H,21,23). The second kappa shape index (κ2) is 8.99. The summed E-state index contributed by atoms with van der Waals surface area (Å²) >= 11 is 7.74. The van der Waals surface area contributed by atoms with Gasteiger partial charge in [-0.3, -0.25) is 9.10 Å². The molecular weight excluding hydrogens is 404 g/mol. The molecule has 0 fully saturated rings. The van der Waals surface area contributed by atoms with Crippen molar-refractivity contribution < 1.29 is 13.2 Å². The number of halogens is 1. The monoisotopic (exact) mass is 426 g/mol. The lowest BCUT2D eigenvalue weighted by Gasteiger charge is -2.30. The number of sulfonamides is 1. The molecule has 1 atom stereocenters. The average molecular weight is 427 g/mol. The van der Waals surface area contributed by atoms with E-state index in [1.54, 1.807) is 43.0 Å². The predicted octanol–water partition coefficient (Wildman–Crippen LogP) is 4.55. The molecule has 0 heterocycles. The number of carbonyl (C=O) groups excluding carboxylic acids is 1. The van der Waals surface area contributed by atoms with E-state index in [0.29, 0.717) is 22.8 Å². The lowest BCUT2D eigenvalue weighted by atomic mass is 10.1. The Bertz CT molecular complexity index is 932. The van der Waals surface area contributed by atoms with Gasteiger partial charge in [0.1, 0.15) is 6.04 Å². The van der Waals surface area contributed by atoms with Gasteiger partial charge < -0.3 is 5.32 Å². The summed E-state index contributed by atoms with van der Waals surface area (Å²) < 4.78 is 26.1. The second-order valence-corrected chi connectivity index (χ2v) is 9.28. The van der Waals surface area contributed by atoms with Crippen LogP contribution in [0.15, 0.2) is 47.4 Å². The Morgan fingerprint density at radius 2 is 1.96 bits per heavy atom. The van der Waals surface area contributed by atoms with Crippen molar-refractivity contribution in [3.8, 4) is 0 Å². The number of rotatable bonds is 7. The molecule has 0 saturated heterocycles. The number of thioether (sulfide) groups is 1. The van der Waals surface area contributed by atoms with E-state index in [9.17, 15) is 13.2 Å². The summed E-state index contributed by atoms with van der Waals surface area (Å²) in [5.74, 6) is -0.391. The van der Waals surface area contributed by atoms with E-state index in [1.807, 2.05) is 31.4 Å². The van der Waals surface area contributed by atoms with Crippen molar-refractivity contribution in [2.75, 3.05) is 22.1 Å². The van der Waals surface area contributed by atoms with Crippen LogP contribution in [0.25, 0.3) is 0 Å². The van der Waals surface area contributed by atoms with Gasteiger partial charge >= 0.3 is 0 Å². The van der Waals surface area contributed by atoms with Crippen molar-refractivity contribution in [3.05, 3.63) is 53.1 Å². The van der Waals surface area contributed by atoms with Crippen molar-refractivity contribution in [1.82, 2.24) is 0 Å². The number of hydrogen-bond acceptors (Lipinski definition) is 4. The van der Waals surface area contributed by atoms with Gasteiger partial charge in [0.2, 0.25) is 15.9 Å². The van der Waals surface area contributed by atoms with Gasteiger partial charge in [0, 0.05) is 15.6 Å². The molecule has 5 nitrogen and oxygen atoms in total. The van der Waals surface area contributed by atoms with Crippen molar-refractivity contribution >= 4 is 50.7 Å². The Balaban J connectivity index is 2.39. The Hall–Kier alpha value is -1.70. The Kier molecular flexibility index (Phi) is 7.19. The highest BCUT2D eigenvalue weighted by molar-refractivity contribution is 7.98. The van der Waals surface area contributed by atoms with E-state index in [2.05, 4.69) is 5.32 Å². The van der Waals surface area contributed by atoms with Gasteiger partial charge in [0.25, 0.3) is 0 Å². The molecule has 0 aliphatic rings. The summed E-state index contributed by atoms with van der Waals surface area (Å²) in [5, 5.41) is 3.27. The van der Waals surface area contributed by atoms with Crippen LogP contribution in [0, 0.1) is 6.92 Å². The minimum Gasteiger partial charge on any atom is -0.324 e. The van der Waals surface area contributed by atoms with E-state index in [4.69, 9.17) is 11.6 Å². The first-order valence-electron chi connectivity index (χ1n) is 8.37. The zero-order chi connectivity index (χ0) is 20.2. The molecule has 0 spiro atoms. The highest BCUT2D eigenvalue weighted by Crippen LogP contribution is 2.28. The van der Waals surface area contributed by atoms with Crippen LogP contribution in [0.2, 0.25) is 5.02 Å². The zero-order valence-electron chi connectivity index (χ0n) is 15.7. The van der Waals surface area contributed by atoms with Crippen LogP contribution in [0.3, 0.4) is 0 Å². The minimum atomic E-state index is -3.70. The van der Waals surface area contributed by atoms with Crippen LogP contribution in [-0.4, -0.2) is 32.9 Å². The fourth-order valence-electron chi connectivity index (χ4n) is 2.71. The molecule has 0 saturated carbocycles. The number of benzene rings is 2. The van der Waals surface area contributed by atoms with Gasteiger partial charge in [-0.2, -0.15) is 0 Å². The zero-order valence-corrected chi connectivity index (χ0v) is 18.1. The quantitative estimate of drug-likeness (QED) is 0.659. The van der Waals surface area contributed by atoms with Crippen molar-refractivity contribution in [2.24, 2.45) is 0 Å². The minimum absolute atomic E-state index is 0.312. The van der Waals surface area contributed by atoms with Crippen molar-refractivity contribution in [3.63, 3.8) is 0 Å². The van der Waals surface area contributed by atoms with Gasteiger partial charge in [-0.25, -0.2) is 8.42 Å². The fourth-order valence-corrected chi connectivity index (χ4v) is 4.54. The summed E-state index contributed by atoms with van der Waals surface area (Å²) in [7, 11) is -3.70. The van der Waals surface area contributed by atoms with Gasteiger partial charge in [-0.15, -0.1) is 11.8 Å². The normalized spacial score (nSPS) is 12.5. The summed E-state index contributed by atoms with van der Waals surface area (Å²) in [6, 6.07) is 11.5. The predicted molar refractivity (Wildman–Crippen MR) is 114 cm³/mol. The molecular formula is C19H23ClN2O3S2. The molecule has 27 heavy (non-hydrogen) atoms. The molecule has 146 valence electrons. The van der Waals surface area contributed by atoms with Gasteiger partial charge in [0.05, 0.1) is 11.9 Å². The SMILES string of the molecule is CCC(C(=O)Nc1cccc(SC)c1)N(c1ccc(C)c(Cl)c1)S(C)(=O)=O. The molecule has 1 N–H and O–H groups in total. The molecule has 0 aromatic heterocycles. The molecule has 2 rings (SSSR count). The van der Waals surface area contributed by atoms with E-state index >= 15 is 0 Å². The first-order valence-corrected chi connectivity index (χ1v) is 11.8. The smallest absolute Gasteiger partial charge is 0.248 e. The Labute approximate surface area is 170 Å². The van der Waals surface area contributed by atoms with Crippen LogP contribution in [-0.2, 0) is 14.8 Å². The summed E-state index contributed by atoms with van der Waals surface area (Å²) in [6.07, 6.45) is 3.35. The molecule has 2 aromatic rings. The van der Waals surface area contributed by atoms with Gasteiger partial charge in [0.15, 0.2) is 0 Å². The second-order valence-electron chi connectivity index (χ2n) is 6.14. The maximum absolute atomic E-state index is 12.9. The van der Waals surface area contributed by atoms with Crippen LogP contribution >= 0.6 is 23.4 Å². The summed E-state index contributed by atoms with van der Waals surface area (Å²) in [6.45, 7) is 3.61. The number of amides is 1. The first kappa shape index (κ1) is 21.6. The van der Waals surface area contributed by atoms with Crippen LogP contribution < -0.4 is 9.62 Å². The Morgan fingerprint density at radius 1 is 1.26 bits per heavy atom. The fraction of sp³-hybridized carbons (Fsp3) is 0.316. The van der Waals surface area contributed by atoms with Crippen molar-refractivity contribution in [2.45, 2.75) is 31.2 Å². The third-order valence-corrected chi connectivity index (χ3v) is 6.39. The number of aryl methyl sites for hydroxylation is 1. The first-order chi connectivity index (χ1) is 12.7. The molecule has 0 aliphatic carbocycles. The highest BCUT2D eigenvalue weighted by atomic mass is 35.5. The van der Waals surface area contributed by atoms with E-state index < -0.39 is 22.0 Å². The number of carbonyl (C=O) groups is 1. The summed E-state index contributed by atoms with van der Waals surface area (Å²) in [5.41, 5.74) is 1.83. The molecule has 0 bridgehead atoms. The average Bonchev–Trinajstić information content (AvgIpc) is 2.61. The summed E-state index contributed by atoms with van der Waals surface area (Å²) in [4.78, 5) is 13.9. The largest absolute Gasteiger partial charge is 0.324 e. The molecule has 8 heteroatoms. The van der Waals surface area contributed by atoms with Gasteiger partial charge in [-0.05, 0) is 55.5 Å². The van der Waals surface area contributed by atoms with E-state index in [0.717, 1.165) is 21.0 Å². The Morgan fingerprint density at radius 3 is 2.52 bits per heavy atom. The third kappa shape index (κ3) is 5.40. The lowest BCUT2D eigenvalue weighted by molar-refractivity contribution is -0.117. The topological polar surface area (TPSA) is 66.5 Å². The third-order valence-electron chi connectivity index (χ3n) is 4.08. The molecule has 1 unspecified atom stereocenters. The number of nitrogens with one attached hydrogen (secondary N) is 1. The molecule has 0 aliphatic heterocycles. The van der Waals surface area contributed by atoms with E-state index in [-0.39, 0.29) is 0 Å². The number of anilines is 2. The molecule has 0 radical (unpaired) electrons. The number of nitrogens with zero attached hydrogens (tertiary/aromatic N) is 1. The van der Waals surface area contributed by atoms with Crippen LogP contribution in [0.5, 0.6) is 0 Å². The molecule has 2 aromatic carbocycles.